The molecule has 4 rings (SSSR count). The van der Waals surface area contributed by atoms with Crippen molar-refractivity contribution in [3.63, 3.8) is 0 Å². The van der Waals surface area contributed by atoms with Gasteiger partial charge in [0.15, 0.2) is 0 Å². The highest BCUT2D eigenvalue weighted by molar-refractivity contribution is 7.98. The molecule has 2 aromatic carbocycles. The molecule has 0 radical (unpaired) electrons. The minimum atomic E-state index is 0.839. The van der Waals surface area contributed by atoms with E-state index in [0.717, 1.165) is 27.0 Å². The van der Waals surface area contributed by atoms with Gasteiger partial charge >= 0.3 is 0 Å². The number of aryl methyl sites for hydroxylation is 3. The Labute approximate surface area is 162 Å². The number of thioether (sulfide) groups is 1. The zero-order valence-electron chi connectivity index (χ0n) is 15.1. The van der Waals surface area contributed by atoms with E-state index in [2.05, 4.69) is 68.6 Å². The van der Waals surface area contributed by atoms with Crippen molar-refractivity contribution >= 4 is 34.0 Å². The van der Waals surface area contributed by atoms with Crippen molar-refractivity contribution in [2.24, 2.45) is 0 Å². The van der Waals surface area contributed by atoms with Crippen LogP contribution in [0.1, 0.15) is 22.4 Å². The molecule has 4 heteroatoms. The molecule has 0 aliphatic carbocycles. The number of fused-ring (bicyclic) bond motifs is 1. The number of hydrogen-bond donors (Lipinski definition) is 0. The van der Waals surface area contributed by atoms with E-state index >= 15 is 0 Å². The first-order chi connectivity index (χ1) is 12.6. The van der Waals surface area contributed by atoms with Crippen molar-refractivity contribution in [2.75, 3.05) is 0 Å². The summed E-state index contributed by atoms with van der Waals surface area (Å²) in [5.41, 5.74) is 7.22. The SMILES string of the molecule is Cc1cc(C)c2nc(SCc3csc(-c4ccccc4)n3)cc(C)c2c1. The average molecular weight is 377 g/mol. The summed E-state index contributed by atoms with van der Waals surface area (Å²) in [5, 5.41) is 5.55. The number of hydrogen-bond acceptors (Lipinski definition) is 4. The second kappa shape index (κ2) is 7.22. The molecule has 0 saturated carbocycles. The Hall–Kier alpha value is -2.17. The summed E-state index contributed by atoms with van der Waals surface area (Å²) < 4.78 is 0. The van der Waals surface area contributed by atoms with Crippen LogP contribution >= 0.6 is 23.1 Å². The molecule has 2 nitrogen and oxygen atoms in total. The third kappa shape index (κ3) is 3.53. The monoisotopic (exact) mass is 376 g/mol. The van der Waals surface area contributed by atoms with Gasteiger partial charge in [0, 0.05) is 22.1 Å². The van der Waals surface area contributed by atoms with Crippen LogP contribution in [0.5, 0.6) is 0 Å². The molecule has 0 saturated heterocycles. The van der Waals surface area contributed by atoms with E-state index in [-0.39, 0.29) is 0 Å². The van der Waals surface area contributed by atoms with Crippen LogP contribution in [-0.4, -0.2) is 9.97 Å². The second-order valence-corrected chi connectivity index (χ2v) is 8.41. The van der Waals surface area contributed by atoms with Crippen LogP contribution in [0.3, 0.4) is 0 Å². The van der Waals surface area contributed by atoms with Crippen molar-refractivity contribution in [1.82, 2.24) is 9.97 Å². The fourth-order valence-electron chi connectivity index (χ4n) is 3.12. The fraction of sp³-hybridized carbons (Fsp3) is 0.182. The lowest BCUT2D eigenvalue weighted by atomic mass is 10.0. The quantitative estimate of drug-likeness (QED) is 0.376. The van der Waals surface area contributed by atoms with Crippen LogP contribution < -0.4 is 0 Å². The summed E-state index contributed by atoms with van der Waals surface area (Å²) in [6.45, 7) is 6.45. The van der Waals surface area contributed by atoms with Crippen LogP contribution in [0.15, 0.2) is 58.9 Å². The van der Waals surface area contributed by atoms with E-state index in [1.807, 2.05) is 6.07 Å². The lowest BCUT2D eigenvalue weighted by molar-refractivity contribution is 1.14. The molecule has 0 amide bonds. The molecule has 0 aliphatic rings. The molecule has 4 aromatic rings. The molecule has 130 valence electrons. The van der Waals surface area contributed by atoms with Gasteiger partial charge in [0.2, 0.25) is 0 Å². The van der Waals surface area contributed by atoms with E-state index in [0.29, 0.717) is 0 Å². The van der Waals surface area contributed by atoms with Crippen LogP contribution in [0.2, 0.25) is 0 Å². The average Bonchev–Trinajstić information content (AvgIpc) is 3.11. The van der Waals surface area contributed by atoms with Crippen LogP contribution in [0, 0.1) is 20.8 Å². The Morgan fingerprint density at radius 2 is 1.73 bits per heavy atom. The summed E-state index contributed by atoms with van der Waals surface area (Å²) in [7, 11) is 0. The predicted octanol–water partition coefficient (Wildman–Crippen LogP) is 6.58. The summed E-state index contributed by atoms with van der Waals surface area (Å²) in [4.78, 5) is 9.67. The number of benzene rings is 2. The minimum Gasteiger partial charge on any atom is -0.241 e. The number of aromatic nitrogens is 2. The van der Waals surface area contributed by atoms with Gasteiger partial charge < -0.3 is 0 Å². The van der Waals surface area contributed by atoms with Gasteiger partial charge in [-0.05, 0) is 44.0 Å². The third-order valence-corrected chi connectivity index (χ3v) is 6.26. The van der Waals surface area contributed by atoms with Crippen LogP contribution in [0.25, 0.3) is 21.5 Å². The van der Waals surface area contributed by atoms with Gasteiger partial charge in [0.25, 0.3) is 0 Å². The Bertz CT molecular complexity index is 1070. The normalized spacial score (nSPS) is 11.2. The predicted molar refractivity (Wildman–Crippen MR) is 113 cm³/mol. The Morgan fingerprint density at radius 1 is 0.923 bits per heavy atom. The highest BCUT2D eigenvalue weighted by Gasteiger charge is 2.09. The van der Waals surface area contributed by atoms with Crippen molar-refractivity contribution in [2.45, 2.75) is 31.6 Å². The van der Waals surface area contributed by atoms with Gasteiger partial charge in [-0.1, -0.05) is 53.7 Å². The van der Waals surface area contributed by atoms with Gasteiger partial charge in [-0.2, -0.15) is 0 Å². The van der Waals surface area contributed by atoms with E-state index < -0.39 is 0 Å². The number of rotatable bonds is 4. The zero-order valence-corrected chi connectivity index (χ0v) is 16.7. The van der Waals surface area contributed by atoms with Gasteiger partial charge in [0.1, 0.15) is 5.01 Å². The highest BCUT2D eigenvalue weighted by Crippen LogP contribution is 2.30. The first kappa shape index (κ1) is 17.3. The summed E-state index contributed by atoms with van der Waals surface area (Å²) in [6, 6.07) is 17.0. The van der Waals surface area contributed by atoms with E-state index in [9.17, 15) is 0 Å². The summed E-state index contributed by atoms with van der Waals surface area (Å²) in [6.07, 6.45) is 0. The lowest BCUT2D eigenvalue weighted by Crippen LogP contribution is -1.92. The van der Waals surface area contributed by atoms with Gasteiger partial charge in [-0.3, -0.25) is 0 Å². The third-order valence-electron chi connectivity index (χ3n) is 4.37. The minimum absolute atomic E-state index is 0.839. The maximum Gasteiger partial charge on any atom is 0.123 e. The summed E-state index contributed by atoms with van der Waals surface area (Å²) in [5.74, 6) is 0.839. The molecular formula is C22H20N2S2. The van der Waals surface area contributed by atoms with E-state index in [1.54, 1.807) is 23.1 Å². The van der Waals surface area contributed by atoms with Gasteiger partial charge in [-0.15, -0.1) is 11.3 Å². The highest BCUT2D eigenvalue weighted by atomic mass is 32.2. The number of pyridine rings is 1. The molecule has 26 heavy (non-hydrogen) atoms. The molecule has 0 bridgehead atoms. The van der Waals surface area contributed by atoms with Gasteiger partial charge in [-0.25, -0.2) is 9.97 Å². The molecule has 0 aliphatic heterocycles. The Kier molecular flexibility index (Phi) is 4.79. The van der Waals surface area contributed by atoms with E-state index in [1.165, 1.54) is 27.6 Å². The van der Waals surface area contributed by atoms with Crippen molar-refractivity contribution in [3.05, 3.63) is 76.3 Å². The molecule has 0 N–H and O–H groups in total. The molecule has 0 atom stereocenters. The lowest BCUT2D eigenvalue weighted by Gasteiger charge is -2.09. The molecule has 2 aromatic heterocycles. The smallest absolute Gasteiger partial charge is 0.123 e. The van der Waals surface area contributed by atoms with Crippen molar-refractivity contribution in [1.29, 1.82) is 0 Å². The summed E-state index contributed by atoms with van der Waals surface area (Å²) >= 11 is 3.46. The standard InChI is InChI=1S/C22H20N2S2/c1-14-9-16(3)21-19(10-14)15(2)11-20(24-21)25-12-18-13-26-22(23-18)17-7-5-4-6-8-17/h4-11,13H,12H2,1-3H3. The molecule has 0 spiro atoms. The maximum atomic E-state index is 4.90. The van der Waals surface area contributed by atoms with Crippen LogP contribution in [-0.2, 0) is 5.75 Å². The molecule has 0 fully saturated rings. The second-order valence-electron chi connectivity index (χ2n) is 6.55. The van der Waals surface area contributed by atoms with E-state index in [4.69, 9.17) is 9.97 Å². The largest absolute Gasteiger partial charge is 0.241 e. The van der Waals surface area contributed by atoms with Crippen molar-refractivity contribution in [3.8, 4) is 10.6 Å². The molecule has 2 heterocycles. The fourth-order valence-corrected chi connectivity index (χ4v) is 4.91. The Balaban J connectivity index is 1.56. The first-order valence-electron chi connectivity index (χ1n) is 8.61. The topological polar surface area (TPSA) is 25.8 Å². The molecule has 0 unspecified atom stereocenters. The number of nitrogens with zero attached hydrogens (tertiary/aromatic N) is 2. The van der Waals surface area contributed by atoms with Gasteiger partial charge in [0.05, 0.1) is 16.2 Å². The number of thiazole rings is 1. The first-order valence-corrected chi connectivity index (χ1v) is 10.5. The molecular weight excluding hydrogens is 356 g/mol. The Morgan fingerprint density at radius 3 is 2.54 bits per heavy atom. The van der Waals surface area contributed by atoms with Crippen LogP contribution in [0.4, 0.5) is 0 Å². The maximum absolute atomic E-state index is 4.90. The zero-order chi connectivity index (χ0) is 18.1. The van der Waals surface area contributed by atoms with Crippen molar-refractivity contribution < 1.29 is 0 Å².